The number of rotatable bonds is 49. The molecule has 0 bridgehead atoms. The molecule has 384 valence electrons. The molecule has 0 rings (SSSR count). The van der Waals surface area contributed by atoms with Gasteiger partial charge in [-0.2, -0.15) is 0 Å². The van der Waals surface area contributed by atoms with Gasteiger partial charge in [0.2, 0.25) is 0 Å². The second-order valence-corrected chi connectivity index (χ2v) is 17.9. The van der Waals surface area contributed by atoms with Gasteiger partial charge in [0.15, 0.2) is 6.10 Å². The average Bonchev–Trinajstić information content (AvgIpc) is 3.34. The van der Waals surface area contributed by atoms with E-state index in [0.29, 0.717) is 12.8 Å². The van der Waals surface area contributed by atoms with Crippen LogP contribution in [-0.4, -0.2) is 36.4 Å². The zero-order valence-corrected chi connectivity index (χ0v) is 43.8. The summed E-state index contributed by atoms with van der Waals surface area (Å²) < 4.78 is 10.7. The van der Waals surface area contributed by atoms with E-state index < -0.39 is 6.10 Å². The highest BCUT2D eigenvalue weighted by atomic mass is 16.6. The first-order valence-electron chi connectivity index (χ1n) is 27.7. The number of esters is 2. The van der Waals surface area contributed by atoms with Crippen molar-refractivity contribution in [3.63, 3.8) is 0 Å². The summed E-state index contributed by atoms with van der Waals surface area (Å²) in [6.45, 7) is 3.99. The summed E-state index contributed by atoms with van der Waals surface area (Å²) in [5, 5.41) is 9.64. The number of hydrogen-bond acceptors (Lipinski definition) is 5. The number of allylic oxidation sites excluding steroid dienone is 22. The molecule has 0 aromatic rings. The van der Waals surface area contributed by atoms with Crippen LogP contribution in [-0.2, 0) is 19.1 Å². The van der Waals surface area contributed by atoms with Gasteiger partial charge in [-0.15, -0.1) is 0 Å². The smallest absolute Gasteiger partial charge is 0.306 e. The molecule has 0 aromatic heterocycles. The van der Waals surface area contributed by atoms with Crippen molar-refractivity contribution in [2.75, 3.05) is 13.2 Å². The molecule has 0 saturated heterocycles. The molecule has 0 aliphatic carbocycles. The maximum absolute atomic E-state index is 12.3. The monoisotopic (exact) mass is 939 g/mol. The molecule has 0 fully saturated rings. The summed E-state index contributed by atoms with van der Waals surface area (Å²) in [7, 11) is 0. The Balaban J connectivity index is 3.65. The minimum atomic E-state index is -0.802. The fourth-order valence-electron chi connectivity index (χ4n) is 7.28. The fraction of sp³-hybridized carbons (Fsp3) is 0.619. The van der Waals surface area contributed by atoms with Crippen molar-refractivity contribution in [3.8, 4) is 0 Å². The van der Waals surface area contributed by atoms with E-state index in [0.717, 1.165) is 109 Å². The third-order valence-electron chi connectivity index (χ3n) is 11.4. The van der Waals surface area contributed by atoms with Crippen molar-refractivity contribution in [1.29, 1.82) is 0 Å². The van der Waals surface area contributed by atoms with E-state index in [4.69, 9.17) is 9.47 Å². The first kappa shape index (κ1) is 64.0. The van der Waals surface area contributed by atoms with Crippen LogP contribution in [0.4, 0.5) is 0 Å². The maximum atomic E-state index is 12.3. The van der Waals surface area contributed by atoms with Crippen molar-refractivity contribution in [2.45, 2.75) is 238 Å². The van der Waals surface area contributed by atoms with E-state index in [9.17, 15) is 14.7 Å². The largest absolute Gasteiger partial charge is 0.462 e. The molecule has 0 aliphatic rings. The SMILES string of the molecule is CC/C=C\C/C=C\C/C=C\C/C=C\C/C=C\C/C=C\C/C=C\C/C=C\C/C=C\CCCCCC(=O)OC(CO)COC(=O)CCCCCCCCCCCCC/C=C\C/C=C\CCCCCCC. The zero-order chi connectivity index (χ0) is 49.2. The summed E-state index contributed by atoms with van der Waals surface area (Å²) in [6, 6.07) is 0. The van der Waals surface area contributed by atoms with Gasteiger partial charge in [0.05, 0.1) is 6.61 Å². The van der Waals surface area contributed by atoms with Gasteiger partial charge in [-0.3, -0.25) is 9.59 Å². The van der Waals surface area contributed by atoms with E-state index in [2.05, 4.69) is 148 Å². The molecule has 5 heteroatoms. The summed E-state index contributed by atoms with van der Waals surface area (Å²) in [5.41, 5.74) is 0. The van der Waals surface area contributed by atoms with E-state index in [1.807, 2.05) is 0 Å². The predicted molar refractivity (Wildman–Crippen MR) is 297 cm³/mol. The van der Waals surface area contributed by atoms with Gasteiger partial charge < -0.3 is 14.6 Å². The second kappa shape index (κ2) is 57.4. The van der Waals surface area contributed by atoms with Crippen LogP contribution in [0, 0.1) is 0 Å². The Labute approximate surface area is 419 Å². The molecular formula is C63H102O5. The van der Waals surface area contributed by atoms with Crippen LogP contribution in [0.25, 0.3) is 0 Å². The van der Waals surface area contributed by atoms with Crippen molar-refractivity contribution in [2.24, 2.45) is 0 Å². The summed E-state index contributed by atoms with van der Waals surface area (Å²) >= 11 is 0. The highest BCUT2D eigenvalue weighted by Crippen LogP contribution is 2.14. The number of hydrogen-bond donors (Lipinski definition) is 1. The summed E-state index contributed by atoms with van der Waals surface area (Å²) in [4.78, 5) is 24.5. The quantitative estimate of drug-likeness (QED) is 0.0374. The Morgan fingerprint density at radius 1 is 0.353 bits per heavy atom. The molecule has 5 nitrogen and oxygen atoms in total. The van der Waals surface area contributed by atoms with Crippen LogP contribution in [0.15, 0.2) is 134 Å². The molecule has 0 saturated carbocycles. The van der Waals surface area contributed by atoms with Crippen LogP contribution < -0.4 is 0 Å². The first-order valence-corrected chi connectivity index (χ1v) is 27.7. The lowest BCUT2D eigenvalue weighted by molar-refractivity contribution is -0.161. The number of unbranched alkanes of at least 4 members (excludes halogenated alkanes) is 19. The number of aliphatic hydroxyl groups excluding tert-OH is 1. The van der Waals surface area contributed by atoms with Gasteiger partial charge in [0.1, 0.15) is 6.61 Å². The normalized spacial score (nSPS) is 13.3. The Kier molecular flexibility index (Phi) is 54.0. The molecule has 1 unspecified atom stereocenters. The average molecular weight is 940 g/mol. The minimum Gasteiger partial charge on any atom is -0.462 e. The second-order valence-electron chi connectivity index (χ2n) is 17.9. The van der Waals surface area contributed by atoms with Crippen molar-refractivity contribution in [3.05, 3.63) is 134 Å². The van der Waals surface area contributed by atoms with E-state index in [1.54, 1.807) is 0 Å². The van der Waals surface area contributed by atoms with Crippen LogP contribution in [0.2, 0.25) is 0 Å². The molecule has 0 radical (unpaired) electrons. The highest BCUT2D eigenvalue weighted by molar-refractivity contribution is 5.70. The lowest BCUT2D eigenvalue weighted by Crippen LogP contribution is -2.28. The Hall–Kier alpha value is -3.96. The Morgan fingerprint density at radius 3 is 0.971 bits per heavy atom. The topological polar surface area (TPSA) is 72.8 Å². The van der Waals surface area contributed by atoms with Gasteiger partial charge in [0.25, 0.3) is 0 Å². The molecule has 1 atom stereocenters. The zero-order valence-electron chi connectivity index (χ0n) is 43.8. The third kappa shape index (κ3) is 54.6. The lowest BCUT2D eigenvalue weighted by atomic mass is 10.0. The van der Waals surface area contributed by atoms with E-state index in [-0.39, 0.29) is 25.2 Å². The Morgan fingerprint density at radius 2 is 0.632 bits per heavy atom. The molecule has 0 heterocycles. The third-order valence-corrected chi connectivity index (χ3v) is 11.4. The van der Waals surface area contributed by atoms with Crippen LogP contribution in [0.3, 0.4) is 0 Å². The predicted octanol–water partition coefficient (Wildman–Crippen LogP) is 18.9. The van der Waals surface area contributed by atoms with Crippen molar-refractivity contribution >= 4 is 11.9 Å². The highest BCUT2D eigenvalue weighted by Gasteiger charge is 2.16. The molecule has 68 heavy (non-hydrogen) atoms. The van der Waals surface area contributed by atoms with E-state index >= 15 is 0 Å². The molecule has 0 aliphatic heterocycles. The number of carbonyl (C=O) groups excluding carboxylic acids is 2. The van der Waals surface area contributed by atoms with Gasteiger partial charge in [-0.1, -0.05) is 237 Å². The van der Waals surface area contributed by atoms with Gasteiger partial charge >= 0.3 is 11.9 Å². The minimum absolute atomic E-state index is 0.0887. The van der Waals surface area contributed by atoms with Gasteiger partial charge in [-0.05, 0) is 116 Å². The maximum Gasteiger partial charge on any atom is 0.306 e. The summed E-state index contributed by atoms with van der Waals surface area (Å²) in [5.74, 6) is -0.638. The standard InChI is InChI=1S/C63H102O5/c1-3-5-7-9-11-13-15-17-19-21-23-25-27-28-29-30-31-32-33-34-36-38-40-42-44-46-48-50-52-54-56-58-63(66)68-61(59-64)60-67-62(65)57-55-53-51-49-47-45-43-41-39-37-35-26-24-22-20-18-16-14-12-10-8-6-4-2/h5,7,11,13,16-19,22-25,28-29,31-32,34,36,40,42,46,48,61,64H,3-4,6,8-10,12,14-15,20-21,26-27,30,33,35,37-39,41,43-45,47,49-60H2,1-2H3/b7-5-,13-11-,18-16-,19-17-,24-22-,25-23-,29-28-,32-31-,36-34-,42-40-,48-46-. The van der Waals surface area contributed by atoms with Gasteiger partial charge in [-0.25, -0.2) is 0 Å². The molecule has 1 N–H and O–H groups in total. The summed E-state index contributed by atoms with van der Waals surface area (Å²) in [6.07, 6.45) is 85.5. The van der Waals surface area contributed by atoms with E-state index in [1.165, 1.54) is 96.3 Å². The molecule has 0 aromatic carbocycles. The van der Waals surface area contributed by atoms with Gasteiger partial charge in [0, 0.05) is 12.8 Å². The number of aliphatic hydroxyl groups is 1. The molecule has 0 spiro atoms. The van der Waals surface area contributed by atoms with Crippen LogP contribution in [0.5, 0.6) is 0 Å². The van der Waals surface area contributed by atoms with Crippen molar-refractivity contribution in [1.82, 2.24) is 0 Å². The fourth-order valence-corrected chi connectivity index (χ4v) is 7.28. The lowest BCUT2D eigenvalue weighted by Gasteiger charge is -2.15. The first-order chi connectivity index (χ1) is 33.6. The van der Waals surface area contributed by atoms with Crippen molar-refractivity contribution < 1.29 is 24.2 Å². The number of ether oxygens (including phenoxy) is 2. The molecule has 0 amide bonds. The number of carbonyl (C=O) groups is 2. The van der Waals surface area contributed by atoms with Crippen LogP contribution >= 0.6 is 0 Å². The Bertz CT molecular complexity index is 1430. The molecular weight excluding hydrogens is 837 g/mol. The van der Waals surface area contributed by atoms with Crippen LogP contribution in [0.1, 0.15) is 232 Å².